The fraction of sp³-hybridized carbons (Fsp3) is 0.400. The highest BCUT2D eigenvalue weighted by Gasteiger charge is 2.39. The zero-order valence-electron chi connectivity index (χ0n) is 14.6. The molecule has 0 spiro atoms. The van der Waals surface area contributed by atoms with Crippen LogP contribution in [0.2, 0.25) is 0 Å². The summed E-state index contributed by atoms with van der Waals surface area (Å²) in [6, 6.07) is 11.6. The van der Waals surface area contributed by atoms with E-state index >= 15 is 0 Å². The lowest BCUT2D eigenvalue weighted by Gasteiger charge is -2.43. The number of hydrogen-bond donors (Lipinski definition) is 0. The first-order valence-corrected chi connectivity index (χ1v) is 9.42. The van der Waals surface area contributed by atoms with Gasteiger partial charge in [0.05, 0.1) is 12.6 Å². The van der Waals surface area contributed by atoms with E-state index in [1.807, 2.05) is 48.2 Å². The minimum atomic E-state index is -2.77. The second-order valence-corrected chi connectivity index (χ2v) is 8.07. The van der Waals surface area contributed by atoms with Crippen molar-refractivity contribution >= 4 is 15.9 Å². The molecule has 138 valence electrons. The molecule has 2 aliphatic heterocycles. The lowest BCUT2D eigenvalue weighted by molar-refractivity contribution is -0.0363. The Bertz CT molecular complexity index is 820. The van der Waals surface area contributed by atoms with Gasteiger partial charge in [0, 0.05) is 17.4 Å². The lowest BCUT2D eigenvalue weighted by atomic mass is 9.84. The number of fused-ring (bicyclic) bond motifs is 2. The van der Waals surface area contributed by atoms with Crippen LogP contribution in [0.4, 0.5) is 8.78 Å². The molecule has 0 saturated heterocycles. The first-order chi connectivity index (χ1) is 12.3. The Hall–Kier alpha value is -1.66. The van der Waals surface area contributed by atoms with Gasteiger partial charge in [-0.05, 0) is 54.3 Å². The number of alkyl halides is 2. The summed E-state index contributed by atoms with van der Waals surface area (Å²) in [5.74, 6) is -1.35. The van der Waals surface area contributed by atoms with Crippen LogP contribution in [0.25, 0.3) is 0 Å². The first-order valence-electron chi connectivity index (χ1n) is 8.63. The van der Waals surface area contributed by atoms with E-state index in [1.165, 1.54) is 0 Å². The van der Waals surface area contributed by atoms with E-state index in [1.54, 1.807) is 0 Å². The van der Waals surface area contributed by atoms with Crippen molar-refractivity contribution in [3.05, 3.63) is 57.6 Å². The highest BCUT2D eigenvalue weighted by atomic mass is 79.9. The normalized spacial score (nSPS) is 22.3. The summed E-state index contributed by atoms with van der Waals surface area (Å²) >= 11 is 3.45. The minimum absolute atomic E-state index is 0.0117. The Morgan fingerprint density at radius 1 is 1.15 bits per heavy atom. The third-order valence-electron chi connectivity index (χ3n) is 4.99. The molecule has 6 heteroatoms. The van der Waals surface area contributed by atoms with Crippen molar-refractivity contribution in [2.45, 2.75) is 38.3 Å². The number of halogens is 3. The zero-order valence-corrected chi connectivity index (χ0v) is 16.2. The monoisotopic (exact) mass is 423 g/mol. The lowest BCUT2D eigenvalue weighted by Crippen LogP contribution is -2.47. The molecular weight excluding hydrogens is 404 g/mol. The SMILES string of the molecule is C[C@@H]1Cc2cc3c(cc2[C@@H](c2ccc(Br)cc2)N1CC(C)(F)F)OCO3. The minimum Gasteiger partial charge on any atom is -0.454 e. The smallest absolute Gasteiger partial charge is 0.257 e. The van der Waals surface area contributed by atoms with E-state index in [2.05, 4.69) is 15.9 Å². The van der Waals surface area contributed by atoms with Crippen LogP contribution in [0.1, 0.15) is 36.6 Å². The predicted molar refractivity (Wildman–Crippen MR) is 99.0 cm³/mol. The quantitative estimate of drug-likeness (QED) is 0.679. The van der Waals surface area contributed by atoms with E-state index in [9.17, 15) is 8.78 Å². The maximum absolute atomic E-state index is 13.9. The third-order valence-corrected chi connectivity index (χ3v) is 5.52. The maximum Gasteiger partial charge on any atom is 0.257 e. The van der Waals surface area contributed by atoms with Crippen molar-refractivity contribution in [2.24, 2.45) is 0 Å². The molecule has 0 fully saturated rings. The molecule has 0 N–H and O–H groups in total. The van der Waals surface area contributed by atoms with Crippen molar-refractivity contribution in [3.63, 3.8) is 0 Å². The summed E-state index contributed by atoms with van der Waals surface area (Å²) in [4.78, 5) is 1.90. The molecule has 0 aromatic heterocycles. The molecule has 2 heterocycles. The topological polar surface area (TPSA) is 21.7 Å². The van der Waals surface area contributed by atoms with Gasteiger partial charge in [0.2, 0.25) is 6.79 Å². The van der Waals surface area contributed by atoms with Crippen LogP contribution in [0, 0.1) is 0 Å². The standard InChI is InChI=1S/C20H20BrF2NO2/c1-12-7-14-8-17-18(26-11-25-17)9-16(14)19(24(12)10-20(2,22)23)13-3-5-15(21)6-4-13/h3-6,8-9,12,19H,7,10-11H2,1-2H3/t12-,19-/m1/s1. The van der Waals surface area contributed by atoms with Gasteiger partial charge in [-0.25, -0.2) is 8.78 Å². The van der Waals surface area contributed by atoms with Gasteiger partial charge in [-0.1, -0.05) is 28.1 Å². The second kappa shape index (κ2) is 6.50. The maximum atomic E-state index is 13.9. The van der Waals surface area contributed by atoms with Gasteiger partial charge in [-0.15, -0.1) is 0 Å². The van der Waals surface area contributed by atoms with E-state index in [0.29, 0.717) is 12.2 Å². The number of hydrogen-bond acceptors (Lipinski definition) is 3. The Labute approximate surface area is 160 Å². The Morgan fingerprint density at radius 2 is 1.81 bits per heavy atom. The van der Waals surface area contributed by atoms with Gasteiger partial charge in [0.15, 0.2) is 11.5 Å². The van der Waals surface area contributed by atoms with E-state index in [0.717, 1.165) is 33.8 Å². The van der Waals surface area contributed by atoms with E-state index in [-0.39, 0.29) is 25.4 Å². The Morgan fingerprint density at radius 3 is 2.46 bits per heavy atom. The van der Waals surface area contributed by atoms with Gasteiger partial charge < -0.3 is 9.47 Å². The van der Waals surface area contributed by atoms with Crippen molar-refractivity contribution in [3.8, 4) is 11.5 Å². The van der Waals surface area contributed by atoms with E-state index in [4.69, 9.17) is 9.47 Å². The number of benzene rings is 2. The summed E-state index contributed by atoms with van der Waals surface area (Å²) in [7, 11) is 0. The summed E-state index contributed by atoms with van der Waals surface area (Å²) in [6.45, 7) is 2.90. The average molecular weight is 424 g/mol. The van der Waals surface area contributed by atoms with Crippen LogP contribution >= 0.6 is 15.9 Å². The van der Waals surface area contributed by atoms with Crippen LogP contribution in [0.15, 0.2) is 40.9 Å². The van der Waals surface area contributed by atoms with Crippen LogP contribution in [0.3, 0.4) is 0 Å². The molecule has 2 aromatic carbocycles. The molecule has 3 nitrogen and oxygen atoms in total. The summed E-state index contributed by atoms with van der Waals surface area (Å²) in [5, 5.41) is 0. The van der Waals surface area contributed by atoms with Crippen molar-refractivity contribution in [1.82, 2.24) is 4.90 Å². The fourth-order valence-corrected chi connectivity index (χ4v) is 4.15. The van der Waals surface area contributed by atoms with Crippen LogP contribution in [-0.2, 0) is 6.42 Å². The highest BCUT2D eigenvalue weighted by Crippen LogP contribution is 2.45. The molecule has 0 saturated carbocycles. The van der Waals surface area contributed by atoms with Gasteiger partial charge in [-0.2, -0.15) is 0 Å². The van der Waals surface area contributed by atoms with Gasteiger partial charge in [-0.3, -0.25) is 4.90 Å². The Balaban J connectivity index is 1.84. The van der Waals surface area contributed by atoms with Gasteiger partial charge in [0.25, 0.3) is 5.92 Å². The van der Waals surface area contributed by atoms with Crippen molar-refractivity contribution < 1.29 is 18.3 Å². The third kappa shape index (κ3) is 3.32. The average Bonchev–Trinajstić information content (AvgIpc) is 3.01. The number of ether oxygens (including phenoxy) is 2. The molecule has 0 amide bonds. The molecular formula is C20H20BrF2NO2. The molecule has 0 unspecified atom stereocenters. The fourth-order valence-electron chi connectivity index (χ4n) is 3.88. The van der Waals surface area contributed by atoms with Gasteiger partial charge in [0.1, 0.15) is 0 Å². The number of rotatable bonds is 3. The largest absolute Gasteiger partial charge is 0.454 e. The molecule has 0 bridgehead atoms. The first kappa shape index (κ1) is 17.7. The molecule has 0 aliphatic carbocycles. The number of nitrogens with zero attached hydrogens (tertiary/aromatic N) is 1. The second-order valence-electron chi connectivity index (χ2n) is 7.15. The molecule has 4 rings (SSSR count). The molecule has 0 radical (unpaired) electrons. The summed E-state index contributed by atoms with van der Waals surface area (Å²) in [5.41, 5.74) is 3.13. The Kier molecular flexibility index (Phi) is 4.43. The summed E-state index contributed by atoms with van der Waals surface area (Å²) in [6.07, 6.45) is 0.703. The van der Waals surface area contributed by atoms with Crippen LogP contribution in [0.5, 0.6) is 11.5 Å². The van der Waals surface area contributed by atoms with Crippen LogP contribution in [-0.4, -0.2) is 30.2 Å². The zero-order chi connectivity index (χ0) is 18.5. The van der Waals surface area contributed by atoms with Crippen LogP contribution < -0.4 is 9.47 Å². The molecule has 2 aromatic rings. The van der Waals surface area contributed by atoms with Crippen molar-refractivity contribution in [2.75, 3.05) is 13.3 Å². The molecule has 2 aliphatic rings. The van der Waals surface area contributed by atoms with E-state index < -0.39 is 5.92 Å². The highest BCUT2D eigenvalue weighted by molar-refractivity contribution is 9.10. The molecule has 26 heavy (non-hydrogen) atoms. The van der Waals surface area contributed by atoms with Crippen molar-refractivity contribution in [1.29, 1.82) is 0 Å². The molecule has 2 atom stereocenters. The predicted octanol–water partition coefficient (Wildman–Crippen LogP) is 5.17. The summed E-state index contributed by atoms with van der Waals surface area (Å²) < 4.78 is 39.9. The van der Waals surface area contributed by atoms with Gasteiger partial charge >= 0.3 is 0 Å².